The van der Waals surface area contributed by atoms with Crippen molar-refractivity contribution in [1.29, 1.82) is 0 Å². The number of hydrogen-bond acceptors (Lipinski definition) is 3. The van der Waals surface area contributed by atoms with Gasteiger partial charge >= 0.3 is 0 Å². The lowest BCUT2D eigenvalue weighted by Crippen LogP contribution is -2.05. The first-order valence-corrected chi connectivity index (χ1v) is 7.35. The highest BCUT2D eigenvalue weighted by Gasteiger charge is 1.99. The molecule has 0 atom stereocenters. The zero-order chi connectivity index (χ0) is 14.4. The summed E-state index contributed by atoms with van der Waals surface area (Å²) in [4.78, 5) is 12.1. The number of thioether (sulfide) groups is 1. The Kier molecular flexibility index (Phi) is 5.21. The van der Waals surface area contributed by atoms with E-state index in [4.69, 9.17) is 5.11 Å². The number of aliphatic hydroxyl groups excluding tert-OH is 1. The second-order valence-corrected chi connectivity index (χ2v) is 5.52. The minimum atomic E-state index is -0.0608. The molecule has 0 aliphatic heterocycles. The van der Waals surface area contributed by atoms with Crippen molar-refractivity contribution in [2.75, 3.05) is 5.32 Å². The minimum absolute atomic E-state index is 0.0608. The number of aliphatic hydroxyl groups is 1. The highest BCUT2D eigenvalue weighted by molar-refractivity contribution is 7.98. The molecular weight excluding hydrogens is 270 g/mol. The highest BCUT2D eigenvalue weighted by Crippen LogP contribution is 2.24. The number of carbonyl (C=O) groups excluding carboxylic acids is 1. The number of hydrogen-bond donors (Lipinski definition) is 2. The van der Waals surface area contributed by atoms with Crippen molar-refractivity contribution in [3.8, 4) is 0 Å². The summed E-state index contributed by atoms with van der Waals surface area (Å²) in [6, 6.07) is 15.7. The van der Waals surface area contributed by atoms with Gasteiger partial charge in [-0.05, 0) is 35.4 Å². The van der Waals surface area contributed by atoms with Gasteiger partial charge in [-0.2, -0.15) is 0 Å². The van der Waals surface area contributed by atoms with E-state index in [0.29, 0.717) is 0 Å². The van der Waals surface area contributed by atoms with Gasteiger partial charge in [-0.15, -0.1) is 11.8 Å². The molecule has 20 heavy (non-hydrogen) atoms. The van der Waals surface area contributed by atoms with Gasteiger partial charge in [0.1, 0.15) is 0 Å². The molecule has 0 bridgehead atoms. The van der Waals surface area contributed by atoms with E-state index in [9.17, 15) is 4.79 Å². The Balaban J connectivity index is 1.91. The topological polar surface area (TPSA) is 49.3 Å². The van der Waals surface area contributed by atoms with Crippen LogP contribution in [0, 0.1) is 0 Å². The van der Waals surface area contributed by atoms with Crippen LogP contribution in [-0.4, -0.2) is 11.0 Å². The lowest BCUT2D eigenvalue weighted by molar-refractivity contribution is -0.114. The molecule has 0 heterocycles. The van der Waals surface area contributed by atoms with E-state index >= 15 is 0 Å². The van der Waals surface area contributed by atoms with Crippen molar-refractivity contribution >= 4 is 23.4 Å². The monoisotopic (exact) mass is 287 g/mol. The summed E-state index contributed by atoms with van der Waals surface area (Å²) in [6.07, 6.45) is 0. The van der Waals surface area contributed by atoms with Crippen molar-refractivity contribution in [3.05, 3.63) is 59.7 Å². The molecule has 0 saturated carbocycles. The van der Waals surface area contributed by atoms with Crippen LogP contribution in [0.5, 0.6) is 0 Å². The van der Waals surface area contributed by atoms with Gasteiger partial charge in [0.25, 0.3) is 0 Å². The van der Waals surface area contributed by atoms with Crippen molar-refractivity contribution in [2.45, 2.75) is 24.2 Å². The molecule has 0 fully saturated rings. The van der Waals surface area contributed by atoms with Crippen molar-refractivity contribution < 1.29 is 9.90 Å². The average Bonchev–Trinajstić information content (AvgIpc) is 2.46. The molecule has 1 amide bonds. The molecule has 3 nitrogen and oxygen atoms in total. The zero-order valence-electron chi connectivity index (χ0n) is 11.3. The second-order valence-electron chi connectivity index (χ2n) is 4.47. The standard InChI is InChI=1S/C16H17NO2S/c1-12(19)17-15-6-8-16(9-7-15)20-11-14-4-2-13(10-18)3-5-14/h2-9,18H,10-11H2,1H3,(H,17,19). The van der Waals surface area contributed by atoms with E-state index in [2.05, 4.69) is 5.32 Å². The SMILES string of the molecule is CC(=O)Nc1ccc(SCc2ccc(CO)cc2)cc1. The van der Waals surface area contributed by atoms with E-state index < -0.39 is 0 Å². The first-order valence-electron chi connectivity index (χ1n) is 6.36. The Labute approximate surface area is 123 Å². The van der Waals surface area contributed by atoms with Gasteiger partial charge in [0.2, 0.25) is 5.91 Å². The number of nitrogens with one attached hydrogen (secondary N) is 1. The molecule has 0 unspecified atom stereocenters. The maximum atomic E-state index is 10.9. The number of anilines is 1. The van der Waals surface area contributed by atoms with Crippen LogP contribution in [0.15, 0.2) is 53.4 Å². The van der Waals surface area contributed by atoms with Crippen LogP contribution < -0.4 is 5.32 Å². The van der Waals surface area contributed by atoms with Crippen LogP contribution in [0.1, 0.15) is 18.1 Å². The van der Waals surface area contributed by atoms with Gasteiger partial charge in [-0.3, -0.25) is 4.79 Å². The summed E-state index contributed by atoms with van der Waals surface area (Å²) < 4.78 is 0. The van der Waals surface area contributed by atoms with Crippen LogP contribution in [0.25, 0.3) is 0 Å². The van der Waals surface area contributed by atoms with Gasteiger partial charge in [-0.25, -0.2) is 0 Å². The Morgan fingerprint density at radius 1 is 1.05 bits per heavy atom. The van der Waals surface area contributed by atoms with Gasteiger partial charge in [0, 0.05) is 23.3 Å². The molecule has 0 spiro atoms. The molecule has 2 aromatic rings. The Morgan fingerprint density at radius 3 is 2.20 bits per heavy atom. The maximum Gasteiger partial charge on any atom is 0.221 e. The molecule has 2 N–H and O–H groups in total. The van der Waals surface area contributed by atoms with Gasteiger partial charge in [0.15, 0.2) is 0 Å². The minimum Gasteiger partial charge on any atom is -0.392 e. The largest absolute Gasteiger partial charge is 0.392 e. The van der Waals surface area contributed by atoms with E-state index in [1.165, 1.54) is 12.5 Å². The second kappa shape index (κ2) is 7.12. The molecule has 2 rings (SSSR count). The molecular formula is C16H17NO2S. The van der Waals surface area contributed by atoms with Crippen molar-refractivity contribution in [1.82, 2.24) is 0 Å². The fraction of sp³-hybridized carbons (Fsp3) is 0.188. The first-order chi connectivity index (χ1) is 9.67. The van der Waals surface area contributed by atoms with Gasteiger partial charge < -0.3 is 10.4 Å². The highest BCUT2D eigenvalue weighted by atomic mass is 32.2. The van der Waals surface area contributed by atoms with Crippen molar-refractivity contribution in [3.63, 3.8) is 0 Å². The van der Waals surface area contributed by atoms with Crippen LogP contribution in [0.3, 0.4) is 0 Å². The van der Waals surface area contributed by atoms with Crippen LogP contribution in [-0.2, 0) is 17.2 Å². The van der Waals surface area contributed by atoms with E-state index in [1.807, 2.05) is 48.5 Å². The fourth-order valence-corrected chi connectivity index (χ4v) is 2.60. The zero-order valence-corrected chi connectivity index (χ0v) is 12.1. The third-order valence-electron chi connectivity index (χ3n) is 2.79. The quantitative estimate of drug-likeness (QED) is 0.828. The molecule has 2 aromatic carbocycles. The van der Waals surface area contributed by atoms with E-state index in [-0.39, 0.29) is 12.5 Å². The predicted octanol–water partition coefficient (Wildman–Crippen LogP) is 3.43. The number of benzene rings is 2. The Morgan fingerprint density at radius 2 is 1.65 bits per heavy atom. The van der Waals surface area contributed by atoms with E-state index in [0.717, 1.165) is 21.9 Å². The summed E-state index contributed by atoms with van der Waals surface area (Å²) in [5.41, 5.74) is 2.96. The summed E-state index contributed by atoms with van der Waals surface area (Å²) in [5, 5.41) is 11.7. The molecule has 0 saturated heterocycles. The number of amides is 1. The number of carbonyl (C=O) groups is 1. The summed E-state index contributed by atoms with van der Waals surface area (Å²) >= 11 is 1.74. The summed E-state index contributed by atoms with van der Waals surface area (Å²) in [7, 11) is 0. The average molecular weight is 287 g/mol. The predicted molar refractivity (Wildman–Crippen MR) is 82.7 cm³/mol. The Hall–Kier alpha value is -1.78. The van der Waals surface area contributed by atoms with Gasteiger partial charge in [0.05, 0.1) is 6.61 Å². The molecule has 0 aliphatic rings. The molecule has 0 aliphatic carbocycles. The molecule has 104 valence electrons. The summed E-state index contributed by atoms with van der Waals surface area (Å²) in [6.45, 7) is 1.58. The first kappa shape index (κ1) is 14.6. The summed E-state index contributed by atoms with van der Waals surface area (Å²) in [5.74, 6) is 0.819. The third-order valence-corrected chi connectivity index (χ3v) is 3.87. The number of rotatable bonds is 5. The van der Waals surface area contributed by atoms with Gasteiger partial charge in [-0.1, -0.05) is 24.3 Å². The van der Waals surface area contributed by atoms with E-state index in [1.54, 1.807) is 11.8 Å². The lowest BCUT2D eigenvalue weighted by Gasteiger charge is -2.05. The smallest absolute Gasteiger partial charge is 0.221 e. The third kappa shape index (κ3) is 4.40. The van der Waals surface area contributed by atoms with Crippen molar-refractivity contribution in [2.24, 2.45) is 0 Å². The van der Waals surface area contributed by atoms with Crippen LogP contribution in [0.4, 0.5) is 5.69 Å². The molecule has 0 radical (unpaired) electrons. The normalized spacial score (nSPS) is 10.3. The fourth-order valence-electron chi connectivity index (χ4n) is 1.75. The van der Waals surface area contributed by atoms with Crippen LogP contribution in [0.2, 0.25) is 0 Å². The Bertz CT molecular complexity index is 564. The van der Waals surface area contributed by atoms with Crippen LogP contribution >= 0.6 is 11.8 Å². The molecule has 0 aromatic heterocycles. The molecule has 4 heteroatoms. The lowest BCUT2D eigenvalue weighted by atomic mass is 10.2. The maximum absolute atomic E-state index is 10.9.